The van der Waals surface area contributed by atoms with E-state index in [-0.39, 0.29) is 5.91 Å². The molecule has 88 valence electrons. The van der Waals surface area contributed by atoms with Gasteiger partial charge in [0.2, 0.25) is 5.09 Å². The second kappa shape index (κ2) is 5.05. The minimum atomic E-state index is -0.195. The van der Waals surface area contributed by atoms with Crippen molar-refractivity contribution in [2.45, 2.75) is 12.0 Å². The standard InChI is InChI=1S/C12H12N2O2S/c1-8-10(12(17-2)16-14-8)11(15)13-9-6-4-3-5-7-9/h3-7H,1-2H3,(H,13,15). The summed E-state index contributed by atoms with van der Waals surface area (Å²) in [6, 6.07) is 9.30. The van der Waals surface area contributed by atoms with Crippen molar-refractivity contribution >= 4 is 23.4 Å². The van der Waals surface area contributed by atoms with Crippen LogP contribution in [0.1, 0.15) is 16.1 Å². The van der Waals surface area contributed by atoms with Gasteiger partial charge < -0.3 is 9.84 Å². The number of aromatic nitrogens is 1. The lowest BCUT2D eigenvalue weighted by Gasteiger charge is -2.04. The fourth-order valence-electron chi connectivity index (χ4n) is 1.46. The van der Waals surface area contributed by atoms with E-state index in [1.807, 2.05) is 36.6 Å². The lowest BCUT2D eigenvalue weighted by molar-refractivity contribution is 0.102. The third-order valence-electron chi connectivity index (χ3n) is 2.28. The topological polar surface area (TPSA) is 55.1 Å². The summed E-state index contributed by atoms with van der Waals surface area (Å²) in [5.74, 6) is -0.195. The molecule has 1 amide bonds. The molecule has 5 heteroatoms. The molecule has 0 fully saturated rings. The lowest BCUT2D eigenvalue weighted by Crippen LogP contribution is -2.13. The largest absolute Gasteiger partial charge is 0.349 e. The number of carbonyl (C=O) groups is 1. The quantitative estimate of drug-likeness (QED) is 0.848. The number of amides is 1. The second-order valence-electron chi connectivity index (χ2n) is 3.45. The Balaban J connectivity index is 2.23. The predicted molar refractivity (Wildman–Crippen MR) is 67.4 cm³/mol. The molecule has 0 aliphatic carbocycles. The van der Waals surface area contributed by atoms with Crippen LogP contribution in [-0.4, -0.2) is 17.3 Å². The van der Waals surface area contributed by atoms with Crippen molar-refractivity contribution in [1.82, 2.24) is 5.16 Å². The van der Waals surface area contributed by atoms with Crippen LogP contribution in [0.5, 0.6) is 0 Å². The first-order valence-electron chi connectivity index (χ1n) is 5.09. The third kappa shape index (κ3) is 2.50. The monoisotopic (exact) mass is 248 g/mol. The summed E-state index contributed by atoms with van der Waals surface area (Å²) in [6.07, 6.45) is 1.85. The zero-order chi connectivity index (χ0) is 12.3. The smallest absolute Gasteiger partial charge is 0.262 e. The third-order valence-corrected chi connectivity index (χ3v) is 2.92. The Morgan fingerprint density at radius 1 is 1.35 bits per heavy atom. The van der Waals surface area contributed by atoms with Crippen molar-refractivity contribution in [2.75, 3.05) is 11.6 Å². The van der Waals surface area contributed by atoms with Crippen molar-refractivity contribution in [3.63, 3.8) is 0 Å². The van der Waals surface area contributed by atoms with Crippen LogP contribution in [0.2, 0.25) is 0 Å². The first-order valence-corrected chi connectivity index (χ1v) is 6.31. The fourth-order valence-corrected chi connectivity index (χ4v) is 2.02. The van der Waals surface area contributed by atoms with Gasteiger partial charge in [0.1, 0.15) is 5.56 Å². The molecule has 0 aliphatic heterocycles. The van der Waals surface area contributed by atoms with Crippen molar-refractivity contribution in [3.05, 3.63) is 41.6 Å². The number of thioether (sulfide) groups is 1. The Kier molecular flexibility index (Phi) is 3.49. The molecule has 4 nitrogen and oxygen atoms in total. The SMILES string of the molecule is CSc1onc(C)c1C(=O)Nc1ccccc1. The maximum absolute atomic E-state index is 12.1. The molecule has 0 aliphatic rings. The molecule has 1 aromatic heterocycles. The van der Waals surface area contributed by atoms with E-state index in [0.29, 0.717) is 16.3 Å². The molecule has 0 spiro atoms. The van der Waals surface area contributed by atoms with E-state index in [0.717, 1.165) is 5.69 Å². The van der Waals surface area contributed by atoms with Crippen LogP contribution in [0.4, 0.5) is 5.69 Å². The van der Waals surface area contributed by atoms with Crippen LogP contribution in [0.15, 0.2) is 39.9 Å². The van der Waals surface area contributed by atoms with Gasteiger partial charge in [-0.25, -0.2) is 0 Å². The maximum atomic E-state index is 12.1. The molecule has 0 unspecified atom stereocenters. The number of aryl methyl sites for hydroxylation is 1. The average molecular weight is 248 g/mol. The van der Waals surface area contributed by atoms with Gasteiger partial charge in [0.15, 0.2) is 0 Å². The summed E-state index contributed by atoms with van der Waals surface area (Å²) < 4.78 is 5.06. The van der Waals surface area contributed by atoms with Gasteiger partial charge >= 0.3 is 0 Å². The highest BCUT2D eigenvalue weighted by Crippen LogP contribution is 2.23. The molecule has 0 radical (unpaired) electrons. The Morgan fingerprint density at radius 2 is 2.06 bits per heavy atom. The van der Waals surface area contributed by atoms with Crippen molar-refractivity contribution in [1.29, 1.82) is 0 Å². The van der Waals surface area contributed by atoms with Crippen LogP contribution in [0, 0.1) is 6.92 Å². The van der Waals surface area contributed by atoms with E-state index in [4.69, 9.17) is 4.52 Å². The van der Waals surface area contributed by atoms with Crippen LogP contribution < -0.4 is 5.32 Å². The molecule has 2 rings (SSSR count). The molecule has 2 aromatic rings. The molecule has 0 saturated carbocycles. The van der Waals surface area contributed by atoms with E-state index < -0.39 is 0 Å². The first kappa shape index (κ1) is 11.7. The van der Waals surface area contributed by atoms with Gasteiger partial charge in [-0.1, -0.05) is 35.1 Å². The molecular weight excluding hydrogens is 236 g/mol. The second-order valence-corrected chi connectivity index (χ2v) is 4.23. The number of carbonyl (C=O) groups excluding carboxylic acids is 1. The Bertz CT molecular complexity index is 523. The number of nitrogens with one attached hydrogen (secondary N) is 1. The van der Waals surface area contributed by atoms with Gasteiger partial charge in [-0.05, 0) is 25.3 Å². The maximum Gasteiger partial charge on any atom is 0.262 e. The van der Waals surface area contributed by atoms with Gasteiger partial charge in [0.05, 0.1) is 5.69 Å². The van der Waals surface area contributed by atoms with Crippen molar-refractivity contribution in [2.24, 2.45) is 0 Å². The van der Waals surface area contributed by atoms with Gasteiger partial charge in [0.25, 0.3) is 5.91 Å². The molecule has 0 saturated heterocycles. The number of nitrogens with zero attached hydrogens (tertiary/aromatic N) is 1. The molecular formula is C12H12N2O2S. The summed E-state index contributed by atoms with van der Waals surface area (Å²) in [6.45, 7) is 1.75. The van der Waals surface area contributed by atoms with Crippen molar-refractivity contribution in [3.8, 4) is 0 Å². The minimum Gasteiger partial charge on any atom is -0.349 e. The van der Waals surface area contributed by atoms with Crippen LogP contribution in [0.25, 0.3) is 0 Å². The lowest BCUT2D eigenvalue weighted by atomic mass is 10.2. The molecule has 1 aromatic carbocycles. The first-order chi connectivity index (χ1) is 8.22. The number of hydrogen-bond acceptors (Lipinski definition) is 4. The van der Waals surface area contributed by atoms with E-state index in [9.17, 15) is 4.79 Å². The molecule has 1 N–H and O–H groups in total. The number of rotatable bonds is 3. The number of benzene rings is 1. The molecule has 0 bridgehead atoms. The number of hydrogen-bond donors (Lipinski definition) is 1. The highest BCUT2D eigenvalue weighted by atomic mass is 32.2. The number of anilines is 1. The van der Waals surface area contributed by atoms with Crippen LogP contribution in [0.3, 0.4) is 0 Å². The predicted octanol–water partition coefficient (Wildman–Crippen LogP) is 2.96. The van der Waals surface area contributed by atoms with E-state index >= 15 is 0 Å². The average Bonchev–Trinajstić information content (AvgIpc) is 2.71. The van der Waals surface area contributed by atoms with Crippen LogP contribution >= 0.6 is 11.8 Å². The highest BCUT2D eigenvalue weighted by molar-refractivity contribution is 7.98. The normalized spacial score (nSPS) is 10.2. The Morgan fingerprint density at radius 3 is 2.71 bits per heavy atom. The van der Waals surface area contributed by atoms with Crippen LogP contribution in [-0.2, 0) is 0 Å². The summed E-state index contributed by atoms with van der Waals surface area (Å²) in [7, 11) is 0. The minimum absolute atomic E-state index is 0.195. The van der Waals surface area contributed by atoms with E-state index in [1.54, 1.807) is 6.92 Å². The van der Waals surface area contributed by atoms with E-state index in [1.165, 1.54) is 11.8 Å². The zero-order valence-electron chi connectivity index (χ0n) is 9.56. The van der Waals surface area contributed by atoms with Gasteiger partial charge in [-0.3, -0.25) is 4.79 Å². The fraction of sp³-hybridized carbons (Fsp3) is 0.167. The van der Waals surface area contributed by atoms with Gasteiger partial charge in [-0.2, -0.15) is 0 Å². The summed E-state index contributed by atoms with van der Waals surface area (Å²) in [5, 5.41) is 7.14. The summed E-state index contributed by atoms with van der Waals surface area (Å²) in [5.41, 5.74) is 1.86. The molecule has 1 heterocycles. The Hall–Kier alpha value is -1.75. The number of para-hydroxylation sites is 1. The zero-order valence-corrected chi connectivity index (χ0v) is 10.4. The molecule has 17 heavy (non-hydrogen) atoms. The van der Waals surface area contributed by atoms with Gasteiger partial charge in [-0.15, -0.1) is 0 Å². The summed E-state index contributed by atoms with van der Waals surface area (Å²) in [4.78, 5) is 12.1. The summed E-state index contributed by atoms with van der Waals surface area (Å²) >= 11 is 1.37. The highest BCUT2D eigenvalue weighted by Gasteiger charge is 2.19. The Labute approximate surface area is 103 Å². The molecule has 0 atom stereocenters. The van der Waals surface area contributed by atoms with E-state index in [2.05, 4.69) is 10.5 Å². The van der Waals surface area contributed by atoms with Gasteiger partial charge in [0, 0.05) is 5.69 Å². The van der Waals surface area contributed by atoms with Crippen molar-refractivity contribution < 1.29 is 9.32 Å².